The van der Waals surface area contributed by atoms with E-state index in [2.05, 4.69) is 46.4 Å². The highest BCUT2D eigenvalue weighted by molar-refractivity contribution is 5.55. The number of nitrogens with one attached hydrogen (secondary N) is 1. The van der Waals surface area contributed by atoms with Crippen LogP contribution in [0.5, 0.6) is 0 Å². The number of fused-ring (bicyclic) bond motifs is 1. The van der Waals surface area contributed by atoms with Gasteiger partial charge < -0.3 is 10.2 Å². The number of hydrogen-bond acceptors (Lipinski definition) is 4. The van der Waals surface area contributed by atoms with Gasteiger partial charge in [-0.25, -0.2) is 4.98 Å². The highest BCUT2D eigenvalue weighted by Crippen LogP contribution is 2.27. The number of benzene rings is 2. The van der Waals surface area contributed by atoms with Gasteiger partial charge in [-0.1, -0.05) is 42.5 Å². The molecule has 4 nitrogen and oxygen atoms in total. The molecule has 0 amide bonds. The molecule has 0 radical (unpaired) electrons. The second kappa shape index (κ2) is 6.32. The SMILES string of the molecule is C[C@@H]1Cc2ccccc2CN1c1ccnc(Nc2ccccc2)n1. The van der Waals surface area contributed by atoms with Gasteiger partial charge in [0.15, 0.2) is 0 Å². The van der Waals surface area contributed by atoms with Crippen molar-refractivity contribution in [3.63, 3.8) is 0 Å². The molecule has 0 spiro atoms. The topological polar surface area (TPSA) is 41.1 Å². The van der Waals surface area contributed by atoms with Crippen LogP contribution in [0.2, 0.25) is 0 Å². The molecule has 2 heterocycles. The Labute approximate surface area is 142 Å². The fraction of sp³-hybridized carbons (Fsp3) is 0.200. The third-order valence-electron chi connectivity index (χ3n) is 4.47. The quantitative estimate of drug-likeness (QED) is 0.787. The van der Waals surface area contributed by atoms with Crippen LogP contribution in [0.25, 0.3) is 0 Å². The van der Waals surface area contributed by atoms with Crippen LogP contribution in [0.4, 0.5) is 17.5 Å². The molecule has 0 aliphatic carbocycles. The first-order valence-electron chi connectivity index (χ1n) is 8.28. The molecule has 2 aromatic carbocycles. The van der Waals surface area contributed by atoms with Gasteiger partial charge in [0.25, 0.3) is 0 Å². The summed E-state index contributed by atoms with van der Waals surface area (Å²) >= 11 is 0. The maximum Gasteiger partial charge on any atom is 0.229 e. The average Bonchev–Trinajstić information content (AvgIpc) is 2.62. The minimum Gasteiger partial charge on any atom is -0.349 e. The molecular formula is C20H20N4. The zero-order valence-electron chi connectivity index (χ0n) is 13.7. The molecule has 120 valence electrons. The summed E-state index contributed by atoms with van der Waals surface area (Å²) in [6.45, 7) is 3.14. The molecule has 3 aromatic rings. The third kappa shape index (κ3) is 2.95. The van der Waals surface area contributed by atoms with Gasteiger partial charge in [0.2, 0.25) is 5.95 Å². The van der Waals surface area contributed by atoms with Gasteiger partial charge in [-0.15, -0.1) is 0 Å². The van der Waals surface area contributed by atoms with E-state index >= 15 is 0 Å². The minimum atomic E-state index is 0.416. The molecule has 1 aliphatic heterocycles. The predicted octanol–water partition coefficient (Wildman–Crippen LogP) is 4.17. The average molecular weight is 316 g/mol. The van der Waals surface area contributed by atoms with Crippen molar-refractivity contribution < 1.29 is 0 Å². The highest BCUT2D eigenvalue weighted by atomic mass is 15.2. The number of para-hydroxylation sites is 1. The molecular weight excluding hydrogens is 296 g/mol. The normalized spacial score (nSPS) is 16.5. The summed E-state index contributed by atoms with van der Waals surface area (Å²) in [5.41, 5.74) is 3.82. The number of aromatic nitrogens is 2. The van der Waals surface area contributed by atoms with Gasteiger partial charge in [-0.05, 0) is 42.7 Å². The molecule has 0 saturated heterocycles. The van der Waals surface area contributed by atoms with Crippen molar-refractivity contribution in [2.45, 2.75) is 25.9 Å². The minimum absolute atomic E-state index is 0.416. The molecule has 0 saturated carbocycles. The van der Waals surface area contributed by atoms with E-state index in [0.29, 0.717) is 12.0 Å². The molecule has 1 aliphatic rings. The van der Waals surface area contributed by atoms with Crippen LogP contribution in [0.3, 0.4) is 0 Å². The Balaban J connectivity index is 1.59. The Kier molecular flexibility index (Phi) is 3.87. The summed E-state index contributed by atoms with van der Waals surface area (Å²) in [6, 6.07) is 21.1. The lowest BCUT2D eigenvalue weighted by Crippen LogP contribution is -2.39. The van der Waals surface area contributed by atoms with E-state index in [-0.39, 0.29) is 0 Å². The summed E-state index contributed by atoms with van der Waals surface area (Å²) < 4.78 is 0. The van der Waals surface area contributed by atoms with Gasteiger partial charge in [0.1, 0.15) is 5.82 Å². The molecule has 0 unspecified atom stereocenters. The lowest BCUT2D eigenvalue weighted by molar-refractivity contribution is 0.587. The number of hydrogen-bond donors (Lipinski definition) is 1. The van der Waals surface area contributed by atoms with Crippen LogP contribution in [0.1, 0.15) is 18.1 Å². The van der Waals surface area contributed by atoms with Crippen molar-refractivity contribution in [1.29, 1.82) is 0 Å². The van der Waals surface area contributed by atoms with Gasteiger partial charge in [-0.2, -0.15) is 4.98 Å². The fourth-order valence-electron chi connectivity index (χ4n) is 3.21. The molecule has 0 fully saturated rings. The maximum absolute atomic E-state index is 4.72. The van der Waals surface area contributed by atoms with E-state index in [1.807, 2.05) is 42.6 Å². The first-order valence-corrected chi connectivity index (χ1v) is 8.28. The van der Waals surface area contributed by atoms with Crippen LogP contribution >= 0.6 is 0 Å². The standard InChI is InChI=1S/C20H20N4/c1-15-13-16-7-5-6-8-17(16)14-24(15)19-11-12-21-20(23-19)22-18-9-3-2-4-10-18/h2-12,15H,13-14H2,1H3,(H,21,22,23)/t15-/m1/s1. The second-order valence-electron chi connectivity index (χ2n) is 6.18. The summed E-state index contributed by atoms with van der Waals surface area (Å²) in [4.78, 5) is 11.4. The third-order valence-corrected chi connectivity index (χ3v) is 4.47. The lowest BCUT2D eigenvalue weighted by atomic mass is 9.95. The predicted molar refractivity (Wildman–Crippen MR) is 97.5 cm³/mol. The molecule has 1 aromatic heterocycles. The summed E-state index contributed by atoms with van der Waals surface area (Å²) in [5.74, 6) is 1.59. The zero-order valence-corrected chi connectivity index (χ0v) is 13.7. The number of anilines is 3. The fourth-order valence-corrected chi connectivity index (χ4v) is 3.21. The van der Waals surface area contributed by atoms with Crippen molar-refractivity contribution in [3.05, 3.63) is 78.0 Å². The summed E-state index contributed by atoms with van der Waals surface area (Å²) in [5, 5.41) is 3.27. The van der Waals surface area contributed by atoms with Crippen LogP contribution in [-0.4, -0.2) is 16.0 Å². The van der Waals surface area contributed by atoms with E-state index in [9.17, 15) is 0 Å². The molecule has 0 bridgehead atoms. The monoisotopic (exact) mass is 316 g/mol. The Morgan fingerprint density at radius 1 is 0.958 bits per heavy atom. The Bertz CT molecular complexity index is 832. The largest absolute Gasteiger partial charge is 0.349 e. The van der Waals surface area contributed by atoms with E-state index in [4.69, 9.17) is 4.98 Å². The molecule has 1 N–H and O–H groups in total. The van der Waals surface area contributed by atoms with Gasteiger partial charge in [-0.3, -0.25) is 0 Å². The van der Waals surface area contributed by atoms with Crippen molar-refractivity contribution in [2.24, 2.45) is 0 Å². The van der Waals surface area contributed by atoms with Crippen molar-refractivity contribution in [1.82, 2.24) is 9.97 Å². The van der Waals surface area contributed by atoms with E-state index in [1.165, 1.54) is 11.1 Å². The van der Waals surface area contributed by atoms with Crippen LogP contribution < -0.4 is 10.2 Å². The van der Waals surface area contributed by atoms with Crippen LogP contribution in [-0.2, 0) is 13.0 Å². The summed E-state index contributed by atoms with van der Waals surface area (Å²) in [7, 11) is 0. The summed E-state index contributed by atoms with van der Waals surface area (Å²) in [6.07, 6.45) is 2.86. The second-order valence-corrected chi connectivity index (χ2v) is 6.18. The lowest BCUT2D eigenvalue weighted by Gasteiger charge is -2.35. The first-order chi connectivity index (χ1) is 11.8. The smallest absolute Gasteiger partial charge is 0.229 e. The molecule has 24 heavy (non-hydrogen) atoms. The van der Waals surface area contributed by atoms with E-state index in [0.717, 1.165) is 24.5 Å². The van der Waals surface area contributed by atoms with E-state index < -0.39 is 0 Å². The van der Waals surface area contributed by atoms with Crippen LogP contribution in [0.15, 0.2) is 66.9 Å². The number of nitrogens with zero attached hydrogens (tertiary/aromatic N) is 3. The van der Waals surface area contributed by atoms with Crippen molar-refractivity contribution in [2.75, 3.05) is 10.2 Å². The van der Waals surface area contributed by atoms with Crippen molar-refractivity contribution in [3.8, 4) is 0 Å². The Hall–Kier alpha value is -2.88. The van der Waals surface area contributed by atoms with Gasteiger partial charge in [0, 0.05) is 24.5 Å². The van der Waals surface area contributed by atoms with Crippen molar-refractivity contribution >= 4 is 17.5 Å². The molecule has 4 rings (SSSR count). The zero-order chi connectivity index (χ0) is 16.4. The maximum atomic E-state index is 4.72. The molecule has 1 atom stereocenters. The Morgan fingerprint density at radius 3 is 2.54 bits per heavy atom. The highest BCUT2D eigenvalue weighted by Gasteiger charge is 2.23. The van der Waals surface area contributed by atoms with Gasteiger partial charge >= 0.3 is 0 Å². The van der Waals surface area contributed by atoms with Crippen LogP contribution in [0, 0.1) is 0 Å². The number of rotatable bonds is 3. The van der Waals surface area contributed by atoms with E-state index in [1.54, 1.807) is 0 Å². The molecule has 4 heteroatoms. The Morgan fingerprint density at radius 2 is 1.71 bits per heavy atom. The first kappa shape index (κ1) is 14.7. The van der Waals surface area contributed by atoms with Gasteiger partial charge in [0.05, 0.1) is 0 Å².